The summed E-state index contributed by atoms with van der Waals surface area (Å²) < 4.78 is 0. The van der Waals surface area contributed by atoms with E-state index in [1.807, 2.05) is 12.3 Å². The van der Waals surface area contributed by atoms with E-state index in [0.29, 0.717) is 5.92 Å². The lowest BCUT2D eigenvalue weighted by Crippen LogP contribution is -2.22. The number of hydrogen-bond acceptors (Lipinski definition) is 1. The zero-order chi connectivity index (χ0) is 13.0. The molecule has 0 spiro atoms. The lowest BCUT2D eigenvalue weighted by atomic mass is 9.98. The minimum absolute atomic E-state index is 0.256. The van der Waals surface area contributed by atoms with Crippen molar-refractivity contribution in [2.75, 3.05) is 6.54 Å². The first-order valence-corrected chi connectivity index (χ1v) is 6.69. The maximum absolute atomic E-state index is 3.52. The third kappa shape index (κ3) is 2.82. The predicted molar refractivity (Wildman–Crippen MR) is 76.8 cm³/mol. The van der Waals surface area contributed by atoms with Gasteiger partial charge in [0.1, 0.15) is 0 Å². The van der Waals surface area contributed by atoms with E-state index < -0.39 is 0 Å². The fourth-order valence-electron chi connectivity index (χ4n) is 2.21. The van der Waals surface area contributed by atoms with Crippen LogP contribution in [0, 0.1) is 0 Å². The van der Waals surface area contributed by atoms with Crippen LogP contribution in [0.15, 0.2) is 42.6 Å². The molecular weight excluding hydrogens is 220 g/mol. The molecule has 1 aromatic heterocycles. The molecule has 2 heteroatoms. The summed E-state index contributed by atoms with van der Waals surface area (Å²) in [6.07, 6.45) is 1.97. The van der Waals surface area contributed by atoms with E-state index in [2.05, 4.69) is 61.4 Å². The lowest BCUT2D eigenvalue weighted by Gasteiger charge is -2.18. The maximum atomic E-state index is 3.52. The van der Waals surface area contributed by atoms with E-state index >= 15 is 0 Å². The van der Waals surface area contributed by atoms with Crippen LogP contribution in [0.4, 0.5) is 0 Å². The Kier molecular flexibility index (Phi) is 4.21. The molecule has 0 saturated carbocycles. The van der Waals surface area contributed by atoms with E-state index in [9.17, 15) is 0 Å². The fourth-order valence-corrected chi connectivity index (χ4v) is 2.21. The van der Waals surface area contributed by atoms with E-state index in [-0.39, 0.29) is 6.04 Å². The largest absolute Gasteiger partial charge is 0.363 e. The zero-order valence-corrected chi connectivity index (χ0v) is 11.4. The van der Waals surface area contributed by atoms with Gasteiger partial charge in [0.15, 0.2) is 0 Å². The van der Waals surface area contributed by atoms with Gasteiger partial charge >= 0.3 is 0 Å². The normalized spacial score (nSPS) is 12.9. The van der Waals surface area contributed by atoms with Crippen molar-refractivity contribution in [3.05, 3.63) is 59.4 Å². The van der Waals surface area contributed by atoms with Gasteiger partial charge in [-0.05, 0) is 35.7 Å². The average molecular weight is 242 g/mol. The highest BCUT2D eigenvalue weighted by Gasteiger charge is 2.13. The second-order valence-corrected chi connectivity index (χ2v) is 4.94. The zero-order valence-electron chi connectivity index (χ0n) is 11.4. The van der Waals surface area contributed by atoms with Gasteiger partial charge in [-0.15, -0.1) is 0 Å². The lowest BCUT2D eigenvalue weighted by molar-refractivity contribution is 0.618. The standard InChI is InChI=1S/C16H22N2/c1-4-17-16(15-6-5-11-18-15)14-9-7-13(8-10-14)12(2)3/h5-12,16-18H,4H2,1-3H3. The number of benzene rings is 1. The van der Waals surface area contributed by atoms with Crippen LogP contribution in [-0.2, 0) is 0 Å². The molecule has 0 radical (unpaired) electrons. The molecule has 96 valence electrons. The fraction of sp³-hybridized carbons (Fsp3) is 0.375. The van der Waals surface area contributed by atoms with Crippen molar-refractivity contribution >= 4 is 0 Å². The Morgan fingerprint density at radius 2 is 1.72 bits per heavy atom. The summed E-state index contributed by atoms with van der Waals surface area (Å²) >= 11 is 0. The van der Waals surface area contributed by atoms with Crippen molar-refractivity contribution < 1.29 is 0 Å². The Morgan fingerprint density at radius 1 is 1.06 bits per heavy atom. The molecular formula is C16H22N2. The number of rotatable bonds is 5. The van der Waals surface area contributed by atoms with Crippen LogP contribution in [0.5, 0.6) is 0 Å². The predicted octanol–water partition coefficient (Wildman–Crippen LogP) is 3.84. The molecule has 1 aromatic carbocycles. The minimum Gasteiger partial charge on any atom is -0.363 e. The molecule has 0 amide bonds. The smallest absolute Gasteiger partial charge is 0.0728 e. The highest BCUT2D eigenvalue weighted by molar-refractivity contribution is 5.31. The van der Waals surface area contributed by atoms with Crippen molar-refractivity contribution in [1.82, 2.24) is 10.3 Å². The van der Waals surface area contributed by atoms with E-state index in [1.165, 1.54) is 16.8 Å². The van der Waals surface area contributed by atoms with Crippen LogP contribution in [-0.4, -0.2) is 11.5 Å². The number of aromatic amines is 1. The molecule has 2 N–H and O–H groups in total. The molecule has 2 nitrogen and oxygen atoms in total. The molecule has 1 atom stereocenters. The maximum Gasteiger partial charge on any atom is 0.0728 e. The third-order valence-electron chi connectivity index (χ3n) is 3.28. The SMILES string of the molecule is CCNC(c1ccc(C(C)C)cc1)c1ccc[nH]1. The van der Waals surface area contributed by atoms with Gasteiger partial charge in [-0.25, -0.2) is 0 Å². The van der Waals surface area contributed by atoms with Crippen LogP contribution in [0.25, 0.3) is 0 Å². The second kappa shape index (κ2) is 5.87. The second-order valence-electron chi connectivity index (χ2n) is 4.94. The summed E-state index contributed by atoms with van der Waals surface area (Å²) in [7, 11) is 0. The van der Waals surface area contributed by atoms with E-state index in [0.717, 1.165) is 6.54 Å². The Balaban J connectivity index is 2.26. The van der Waals surface area contributed by atoms with Crippen LogP contribution >= 0.6 is 0 Å². The highest BCUT2D eigenvalue weighted by atomic mass is 14.9. The highest BCUT2D eigenvalue weighted by Crippen LogP contribution is 2.23. The van der Waals surface area contributed by atoms with Crippen LogP contribution in [0.3, 0.4) is 0 Å². The quantitative estimate of drug-likeness (QED) is 0.819. The van der Waals surface area contributed by atoms with Gasteiger partial charge in [-0.1, -0.05) is 45.0 Å². The molecule has 0 saturated heterocycles. The Morgan fingerprint density at radius 3 is 2.22 bits per heavy atom. The molecule has 0 aliphatic rings. The van der Waals surface area contributed by atoms with Gasteiger partial charge in [-0.3, -0.25) is 0 Å². The molecule has 2 aromatic rings. The Bertz CT molecular complexity index is 454. The number of H-pyrrole nitrogens is 1. The van der Waals surface area contributed by atoms with E-state index in [1.54, 1.807) is 0 Å². The molecule has 0 fully saturated rings. The summed E-state index contributed by atoms with van der Waals surface area (Å²) in [5.41, 5.74) is 3.92. The van der Waals surface area contributed by atoms with Crippen molar-refractivity contribution in [2.45, 2.75) is 32.7 Å². The number of aromatic nitrogens is 1. The molecule has 2 rings (SSSR count). The van der Waals surface area contributed by atoms with Crippen molar-refractivity contribution in [1.29, 1.82) is 0 Å². The topological polar surface area (TPSA) is 27.8 Å². The molecule has 0 aliphatic carbocycles. The molecule has 1 unspecified atom stereocenters. The van der Waals surface area contributed by atoms with Gasteiger partial charge in [0.2, 0.25) is 0 Å². The van der Waals surface area contributed by atoms with Crippen LogP contribution in [0.2, 0.25) is 0 Å². The molecule has 18 heavy (non-hydrogen) atoms. The summed E-state index contributed by atoms with van der Waals surface area (Å²) in [5, 5.41) is 3.52. The minimum atomic E-state index is 0.256. The number of hydrogen-bond donors (Lipinski definition) is 2. The average Bonchev–Trinajstić information content (AvgIpc) is 2.90. The third-order valence-corrected chi connectivity index (χ3v) is 3.28. The number of nitrogens with one attached hydrogen (secondary N) is 2. The van der Waals surface area contributed by atoms with Gasteiger partial charge in [0.25, 0.3) is 0 Å². The summed E-state index contributed by atoms with van der Waals surface area (Å²) in [6.45, 7) is 7.54. The summed E-state index contributed by atoms with van der Waals surface area (Å²) in [4.78, 5) is 3.30. The van der Waals surface area contributed by atoms with E-state index in [4.69, 9.17) is 0 Å². The van der Waals surface area contributed by atoms with Gasteiger partial charge in [0.05, 0.1) is 6.04 Å². The first kappa shape index (κ1) is 12.9. The van der Waals surface area contributed by atoms with Gasteiger partial charge in [0, 0.05) is 11.9 Å². The van der Waals surface area contributed by atoms with Crippen LogP contribution < -0.4 is 5.32 Å². The Labute approximate surface area is 109 Å². The molecule has 1 heterocycles. The monoisotopic (exact) mass is 242 g/mol. The first-order valence-electron chi connectivity index (χ1n) is 6.69. The van der Waals surface area contributed by atoms with Crippen LogP contribution in [0.1, 0.15) is 49.6 Å². The van der Waals surface area contributed by atoms with Gasteiger partial charge in [-0.2, -0.15) is 0 Å². The molecule has 0 bridgehead atoms. The van der Waals surface area contributed by atoms with Crippen molar-refractivity contribution in [2.24, 2.45) is 0 Å². The summed E-state index contributed by atoms with van der Waals surface area (Å²) in [5.74, 6) is 0.585. The molecule has 0 aliphatic heterocycles. The summed E-state index contributed by atoms with van der Waals surface area (Å²) in [6, 6.07) is 13.3. The van der Waals surface area contributed by atoms with Crippen molar-refractivity contribution in [3.63, 3.8) is 0 Å². The van der Waals surface area contributed by atoms with Gasteiger partial charge < -0.3 is 10.3 Å². The Hall–Kier alpha value is -1.54. The first-order chi connectivity index (χ1) is 8.72. The van der Waals surface area contributed by atoms with Crippen molar-refractivity contribution in [3.8, 4) is 0 Å².